The van der Waals surface area contributed by atoms with Gasteiger partial charge >= 0.3 is 0 Å². The summed E-state index contributed by atoms with van der Waals surface area (Å²) >= 11 is 0. The number of ether oxygens (including phenoxy) is 1. The minimum atomic E-state index is -0.0970. The molecule has 0 radical (unpaired) electrons. The lowest BCUT2D eigenvalue weighted by Gasteiger charge is -2.41. The zero-order chi connectivity index (χ0) is 19.7. The van der Waals surface area contributed by atoms with Gasteiger partial charge in [-0.25, -0.2) is 0 Å². The highest BCUT2D eigenvalue weighted by atomic mass is 16.5. The Bertz CT molecular complexity index is 859. The molecule has 2 heterocycles. The molecule has 1 aliphatic heterocycles. The van der Waals surface area contributed by atoms with Gasteiger partial charge in [-0.15, -0.1) is 0 Å². The van der Waals surface area contributed by atoms with E-state index in [4.69, 9.17) is 4.74 Å². The van der Waals surface area contributed by atoms with Crippen molar-refractivity contribution in [3.8, 4) is 11.1 Å². The molecule has 1 N–H and O–H groups in total. The number of hydrogen-bond donors (Lipinski definition) is 1. The summed E-state index contributed by atoms with van der Waals surface area (Å²) in [5.41, 5.74) is 3.38. The first-order valence-electron chi connectivity index (χ1n) is 9.89. The van der Waals surface area contributed by atoms with Crippen molar-refractivity contribution in [1.82, 2.24) is 10.2 Å². The fraction of sp³-hybridized carbons (Fsp3) is 0.476. The predicted molar refractivity (Wildman–Crippen MR) is 107 cm³/mol. The van der Waals surface area contributed by atoms with E-state index in [2.05, 4.69) is 10.2 Å². The van der Waals surface area contributed by atoms with Crippen LogP contribution in [0.15, 0.2) is 30.6 Å². The lowest BCUT2D eigenvalue weighted by molar-refractivity contribution is -0.125. The zero-order valence-corrected chi connectivity index (χ0v) is 16.4. The number of benzene rings is 1. The Morgan fingerprint density at radius 2 is 2.00 bits per heavy atom. The molecule has 7 nitrogen and oxygen atoms in total. The summed E-state index contributed by atoms with van der Waals surface area (Å²) in [6.45, 7) is 4.05. The molecule has 0 spiro atoms. The molecule has 0 saturated heterocycles. The van der Waals surface area contributed by atoms with E-state index in [9.17, 15) is 9.59 Å². The normalized spacial score (nSPS) is 19.7. The van der Waals surface area contributed by atoms with E-state index in [0.29, 0.717) is 6.54 Å². The SMILES string of the molecule is CC(=O)N1c2ccc(-c3cn[nH]c3)cc2N(C(=O)COC2CCCC2)C[C@@H]1C. The van der Waals surface area contributed by atoms with E-state index in [1.807, 2.05) is 31.3 Å². The highest BCUT2D eigenvalue weighted by Gasteiger charge is 2.34. The maximum Gasteiger partial charge on any atom is 0.253 e. The van der Waals surface area contributed by atoms with Gasteiger partial charge in [0, 0.05) is 25.2 Å². The van der Waals surface area contributed by atoms with E-state index < -0.39 is 0 Å². The van der Waals surface area contributed by atoms with Crippen LogP contribution in [0.1, 0.15) is 39.5 Å². The molecular formula is C21H26N4O3. The van der Waals surface area contributed by atoms with Crippen LogP contribution >= 0.6 is 0 Å². The Kier molecular flexibility index (Phi) is 5.17. The van der Waals surface area contributed by atoms with Crippen LogP contribution in [-0.2, 0) is 14.3 Å². The summed E-state index contributed by atoms with van der Waals surface area (Å²) in [5.74, 6) is -0.0911. The summed E-state index contributed by atoms with van der Waals surface area (Å²) in [6.07, 6.45) is 8.15. The molecule has 1 aromatic carbocycles. The molecule has 148 valence electrons. The summed E-state index contributed by atoms with van der Waals surface area (Å²) in [6, 6.07) is 5.72. The summed E-state index contributed by atoms with van der Waals surface area (Å²) in [7, 11) is 0. The smallest absolute Gasteiger partial charge is 0.253 e. The third-order valence-corrected chi connectivity index (χ3v) is 5.63. The van der Waals surface area contributed by atoms with Gasteiger partial charge in [0.25, 0.3) is 5.91 Å². The number of anilines is 2. The Morgan fingerprint density at radius 1 is 1.21 bits per heavy atom. The number of aromatic nitrogens is 2. The standard InChI is InChI=1S/C21H26N4O3/c1-14-12-24(21(27)13-28-18-5-3-4-6-18)20-9-16(17-10-22-23-11-17)7-8-19(20)25(14)15(2)26/h7-11,14,18H,3-6,12-13H2,1-2H3,(H,22,23)/t14-/m0/s1. The number of H-pyrrole nitrogens is 1. The monoisotopic (exact) mass is 382 g/mol. The molecule has 28 heavy (non-hydrogen) atoms. The number of fused-ring (bicyclic) bond motifs is 1. The minimum absolute atomic E-state index is 0.0286. The van der Waals surface area contributed by atoms with Crippen molar-refractivity contribution in [2.24, 2.45) is 0 Å². The van der Waals surface area contributed by atoms with Crippen LogP contribution in [0.3, 0.4) is 0 Å². The molecule has 0 bridgehead atoms. The largest absolute Gasteiger partial charge is 0.368 e. The van der Waals surface area contributed by atoms with E-state index in [0.717, 1.165) is 35.3 Å². The molecule has 0 unspecified atom stereocenters. The van der Waals surface area contributed by atoms with Crippen molar-refractivity contribution in [3.05, 3.63) is 30.6 Å². The fourth-order valence-electron chi connectivity index (χ4n) is 4.25. The lowest BCUT2D eigenvalue weighted by Crippen LogP contribution is -2.52. The van der Waals surface area contributed by atoms with E-state index in [1.165, 1.54) is 12.8 Å². The molecule has 1 aromatic heterocycles. The summed E-state index contributed by atoms with van der Waals surface area (Å²) in [5, 5.41) is 6.82. The number of carbonyl (C=O) groups is 2. The van der Waals surface area contributed by atoms with Crippen molar-refractivity contribution >= 4 is 23.2 Å². The van der Waals surface area contributed by atoms with Crippen LogP contribution in [-0.4, -0.2) is 47.3 Å². The van der Waals surface area contributed by atoms with Crippen LogP contribution < -0.4 is 9.80 Å². The number of amides is 2. The molecule has 1 fully saturated rings. The maximum absolute atomic E-state index is 13.0. The second-order valence-electron chi connectivity index (χ2n) is 7.65. The first-order chi connectivity index (χ1) is 13.5. The Morgan fingerprint density at radius 3 is 2.68 bits per heavy atom. The van der Waals surface area contributed by atoms with Crippen LogP contribution in [0.5, 0.6) is 0 Å². The number of nitrogens with one attached hydrogen (secondary N) is 1. The first kappa shape index (κ1) is 18.7. The molecule has 1 atom stereocenters. The molecule has 2 aromatic rings. The molecular weight excluding hydrogens is 356 g/mol. The summed E-state index contributed by atoms with van der Waals surface area (Å²) in [4.78, 5) is 28.8. The maximum atomic E-state index is 13.0. The lowest BCUT2D eigenvalue weighted by atomic mass is 10.0. The number of nitrogens with zero attached hydrogens (tertiary/aromatic N) is 3. The number of hydrogen-bond acceptors (Lipinski definition) is 4. The van der Waals surface area contributed by atoms with Gasteiger partial charge in [0.2, 0.25) is 5.91 Å². The van der Waals surface area contributed by atoms with Crippen LogP contribution in [0, 0.1) is 0 Å². The van der Waals surface area contributed by atoms with E-state index in [1.54, 1.807) is 22.9 Å². The third-order valence-electron chi connectivity index (χ3n) is 5.63. The van der Waals surface area contributed by atoms with Crippen LogP contribution in [0.4, 0.5) is 11.4 Å². The third kappa shape index (κ3) is 3.54. The topological polar surface area (TPSA) is 78.5 Å². The van der Waals surface area contributed by atoms with Crippen LogP contribution in [0.25, 0.3) is 11.1 Å². The minimum Gasteiger partial charge on any atom is -0.368 e. The quantitative estimate of drug-likeness (QED) is 0.881. The van der Waals surface area contributed by atoms with E-state index in [-0.39, 0.29) is 30.6 Å². The van der Waals surface area contributed by atoms with Gasteiger partial charge in [0.15, 0.2) is 0 Å². The van der Waals surface area contributed by atoms with Gasteiger partial charge in [-0.1, -0.05) is 18.9 Å². The molecule has 2 aliphatic rings. The first-order valence-corrected chi connectivity index (χ1v) is 9.89. The van der Waals surface area contributed by atoms with Gasteiger partial charge < -0.3 is 14.5 Å². The number of carbonyl (C=O) groups excluding carboxylic acids is 2. The van der Waals surface area contributed by atoms with Crippen molar-refractivity contribution < 1.29 is 14.3 Å². The van der Waals surface area contributed by atoms with Gasteiger partial charge in [-0.3, -0.25) is 14.7 Å². The molecule has 4 rings (SSSR count). The predicted octanol–water partition coefficient (Wildman–Crippen LogP) is 3.12. The number of aromatic amines is 1. The van der Waals surface area contributed by atoms with Crippen molar-refractivity contribution in [3.63, 3.8) is 0 Å². The van der Waals surface area contributed by atoms with Gasteiger partial charge in [-0.05, 0) is 37.5 Å². The molecule has 2 amide bonds. The number of rotatable bonds is 4. The van der Waals surface area contributed by atoms with Gasteiger partial charge in [0.1, 0.15) is 6.61 Å². The van der Waals surface area contributed by atoms with Crippen molar-refractivity contribution in [2.75, 3.05) is 23.0 Å². The Balaban J connectivity index is 1.65. The second kappa shape index (κ2) is 7.75. The average molecular weight is 382 g/mol. The van der Waals surface area contributed by atoms with Crippen LogP contribution in [0.2, 0.25) is 0 Å². The molecule has 7 heteroatoms. The molecule has 1 saturated carbocycles. The second-order valence-corrected chi connectivity index (χ2v) is 7.65. The summed E-state index contributed by atoms with van der Waals surface area (Å²) < 4.78 is 5.86. The van der Waals surface area contributed by atoms with Gasteiger partial charge in [0.05, 0.1) is 29.7 Å². The van der Waals surface area contributed by atoms with Gasteiger partial charge in [-0.2, -0.15) is 5.10 Å². The Hall–Kier alpha value is -2.67. The highest BCUT2D eigenvalue weighted by Crippen LogP contribution is 2.39. The van der Waals surface area contributed by atoms with Crippen molar-refractivity contribution in [2.45, 2.75) is 51.7 Å². The zero-order valence-electron chi connectivity index (χ0n) is 16.4. The van der Waals surface area contributed by atoms with Crippen molar-refractivity contribution in [1.29, 1.82) is 0 Å². The van der Waals surface area contributed by atoms with E-state index >= 15 is 0 Å². The molecule has 1 aliphatic carbocycles. The Labute approximate surface area is 164 Å². The average Bonchev–Trinajstić information content (AvgIpc) is 3.38. The fourth-order valence-corrected chi connectivity index (χ4v) is 4.25. The highest BCUT2D eigenvalue weighted by molar-refractivity contribution is 6.05.